The topological polar surface area (TPSA) is 73.1 Å². The maximum atomic E-state index is 5.70. The van der Waals surface area contributed by atoms with Crippen LogP contribution >= 0.6 is 15.9 Å². The van der Waals surface area contributed by atoms with Gasteiger partial charge in [-0.15, -0.1) is 0 Å². The summed E-state index contributed by atoms with van der Waals surface area (Å²) >= 11 is 3.32. The second kappa shape index (κ2) is 6.49. The van der Waals surface area contributed by atoms with Gasteiger partial charge in [0.25, 0.3) is 0 Å². The third-order valence-corrected chi connectivity index (χ3v) is 3.22. The highest BCUT2D eigenvalue weighted by Gasteiger charge is 2.05. The van der Waals surface area contributed by atoms with Crippen molar-refractivity contribution < 1.29 is 4.74 Å². The maximum Gasteiger partial charge on any atom is 0.232 e. The lowest BCUT2D eigenvalue weighted by atomic mass is 10.1. The van der Waals surface area contributed by atoms with Gasteiger partial charge >= 0.3 is 0 Å². The second-order valence-electron chi connectivity index (χ2n) is 3.88. The summed E-state index contributed by atoms with van der Waals surface area (Å²) in [7, 11) is 1.57. The van der Waals surface area contributed by atoms with E-state index in [2.05, 4.69) is 31.2 Å². The van der Waals surface area contributed by atoms with Crippen LogP contribution in [0.2, 0.25) is 0 Å². The van der Waals surface area contributed by atoms with Gasteiger partial charge in [0.05, 0.1) is 17.8 Å². The zero-order valence-electron chi connectivity index (χ0n) is 10.6. The van der Waals surface area contributed by atoms with Crippen LogP contribution in [0.1, 0.15) is 11.1 Å². The predicted molar refractivity (Wildman–Crippen MR) is 77.9 cm³/mol. The summed E-state index contributed by atoms with van der Waals surface area (Å²) in [6.07, 6.45) is 1.66. The average molecular weight is 323 g/mol. The van der Waals surface area contributed by atoms with E-state index in [9.17, 15) is 0 Å². The largest absolute Gasteiger partial charge is 0.480 e. The molecule has 0 aliphatic rings. The van der Waals surface area contributed by atoms with Gasteiger partial charge in [-0.1, -0.05) is 24.3 Å². The van der Waals surface area contributed by atoms with Gasteiger partial charge in [-0.2, -0.15) is 4.98 Å². The molecule has 0 bridgehead atoms. The summed E-state index contributed by atoms with van der Waals surface area (Å²) in [5, 5.41) is 3.16. The molecule has 19 heavy (non-hydrogen) atoms. The van der Waals surface area contributed by atoms with E-state index in [0.717, 1.165) is 15.6 Å². The van der Waals surface area contributed by atoms with Gasteiger partial charge in [0.2, 0.25) is 11.8 Å². The Labute approximate surface area is 120 Å². The van der Waals surface area contributed by atoms with Crippen molar-refractivity contribution in [3.63, 3.8) is 0 Å². The zero-order chi connectivity index (χ0) is 13.7. The van der Waals surface area contributed by atoms with Crippen molar-refractivity contribution in [1.82, 2.24) is 9.97 Å². The molecule has 0 saturated heterocycles. The predicted octanol–water partition coefficient (Wildman–Crippen LogP) is 2.32. The Morgan fingerprint density at radius 1 is 1.32 bits per heavy atom. The van der Waals surface area contributed by atoms with Crippen molar-refractivity contribution in [1.29, 1.82) is 0 Å². The molecule has 0 radical (unpaired) electrons. The lowest BCUT2D eigenvalue weighted by Crippen LogP contribution is -2.08. The molecule has 1 heterocycles. The number of nitrogens with zero attached hydrogens (tertiary/aromatic N) is 2. The number of aromatic nitrogens is 2. The molecule has 3 N–H and O–H groups in total. The summed E-state index contributed by atoms with van der Waals surface area (Å²) in [5.74, 6) is 1.02. The summed E-state index contributed by atoms with van der Waals surface area (Å²) < 4.78 is 5.85. The Balaban J connectivity index is 2.10. The van der Waals surface area contributed by atoms with Crippen molar-refractivity contribution >= 4 is 21.9 Å². The van der Waals surface area contributed by atoms with Gasteiger partial charge in [-0.25, -0.2) is 4.98 Å². The fraction of sp³-hybridized carbons (Fsp3) is 0.231. The van der Waals surface area contributed by atoms with Crippen LogP contribution in [-0.2, 0) is 13.1 Å². The molecule has 1 aromatic heterocycles. The van der Waals surface area contributed by atoms with Crippen molar-refractivity contribution in [2.24, 2.45) is 5.73 Å². The Morgan fingerprint density at radius 2 is 2.05 bits per heavy atom. The minimum Gasteiger partial charge on any atom is -0.480 e. The van der Waals surface area contributed by atoms with E-state index in [4.69, 9.17) is 10.5 Å². The van der Waals surface area contributed by atoms with Gasteiger partial charge < -0.3 is 15.8 Å². The molecule has 2 aromatic rings. The Kier molecular flexibility index (Phi) is 4.70. The van der Waals surface area contributed by atoms with Gasteiger partial charge in [0, 0.05) is 13.1 Å². The Bertz CT molecular complexity index is 562. The standard InChI is InChI=1S/C13H15BrN4O/c1-19-12-11(14)8-17-13(18-12)16-7-10-5-3-2-4-9(10)6-15/h2-5,8H,6-7,15H2,1H3,(H,16,17,18). The van der Waals surface area contributed by atoms with Crippen LogP contribution in [0.25, 0.3) is 0 Å². The number of ether oxygens (including phenoxy) is 1. The highest BCUT2D eigenvalue weighted by atomic mass is 79.9. The van der Waals surface area contributed by atoms with Crippen LogP contribution < -0.4 is 15.8 Å². The molecule has 0 unspecified atom stereocenters. The second-order valence-corrected chi connectivity index (χ2v) is 4.73. The number of hydrogen-bond donors (Lipinski definition) is 2. The number of benzene rings is 1. The lowest BCUT2D eigenvalue weighted by molar-refractivity contribution is 0.394. The van der Waals surface area contributed by atoms with Crippen LogP contribution in [0.4, 0.5) is 5.95 Å². The normalized spacial score (nSPS) is 10.3. The fourth-order valence-corrected chi connectivity index (χ4v) is 2.04. The van der Waals surface area contributed by atoms with E-state index in [1.165, 1.54) is 0 Å². The minimum atomic E-state index is 0.504. The molecule has 0 aliphatic heterocycles. The molecular weight excluding hydrogens is 308 g/mol. The monoisotopic (exact) mass is 322 g/mol. The molecule has 0 aliphatic carbocycles. The first-order chi connectivity index (χ1) is 9.24. The van der Waals surface area contributed by atoms with Crippen LogP contribution in [0.3, 0.4) is 0 Å². The average Bonchev–Trinajstić information content (AvgIpc) is 2.46. The number of nitrogens with one attached hydrogen (secondary N) is 1. The highest BCUT2D eigenvalue weighted by Crippen LogP contribution is 2.22. The van der Waals surface area contributed by atoms with Crippen molar-refractivity contribution in [3.8, 4) is 5.88 Å². The molecule has 0 saturated carbocycles. The first-order valence-electron chi connectivity index (χ1n) is 5.82. The first kappa shape index (κ1) is 13.8. The van der Waals surface area contributed by atoms with Gasteiger partial charge in [0.1, 0.15) is 0 Å². The lowest BCUT2D eigenvalue weighted by Gasteiger charge is -2.10. The van der Waals surface area contributed by atoms with E-state index in [-0.39, 0.29) is 0 Å². The molecule has 100 valence electrons. The van der Waals surface area contributed by atoms with Crippen molar-refractivity contribution in [3.05, 3.63) is 46.1 Å². The smallest absolute Gasteiger partial charge is 0.232 e. The van der Waals surface area contributed by atoms with E-state index >= 15 is 0 Å². The SMILES string of the molecule is COc1nc(NCc2ccccc2CN)ncc1Br. The minimum absolute atomic E-state index is 0.504. The Hall–Kier alpha value is -1.66. The summed E-state index contributed by atoms with van der Waals surface area (Å²) in [6, 6.07) is 8.01. The third-order valence-electron chi connectivity index (χ3n) is 2.68. The molecular formula is C13H15BrN4O. The number of nitrogens with two attached hydrogens (primary N) is 1. The van der Waals surface area contributed by atoms with Gasteiger partial charge in [0.15, 0.2) is 0 Å². The molecule has 2 rings (SSSR count). The number of halogens is 1. The number of rotatable bonds is 5. The first-order valence-corrected chi connectivity index (χ1v) is 6.61. The van der Waals surface area contributed by atoms with Crippen LogP contribution in [0.5, 0.6) is 5.88 Å². The molecule has 0 amide bonds. The van der Waals surface area contributed by atoms with Gasteiger partial charge in [-0.3, -0.25) is 0 Å². The maximum absolute atomic E-state index is 5.70. The van der Waals surface area contributed by atoms with E-state index < -0.39 is 0 Å². The highest BCUT2D eigenvalue weighted by molar-refractivity contribution is 9.10. The van der Waals surface area contributed by atoms with Crippen molar-refractivity contribution in [2.75, 3.05) is 12.4 Å². The van der Waals surface area contributed by atoms with E-state index in [0.29, 0.717) is 24.9 Å². The zero-order valence-corrected chi connectivity index (χ0v) is 12.1. The quantitative estimate of drug-likeness (QED) is 0.883. The number of hydrogen-bond acceptors (Lipinski definition) is 5. The summed E-state index contributed by atoms with van der Waals surface area (Å²) in [6.45, 7) is 1.14. The van der Waals surface area contributed by atoms with Crippen LogP contribution in [0.15, 0.2) is 34.9 Å². The third kappa shape index (κ3) is 3.42. The van der Waals surface area contributed by atoms with E-state index in [1.54, 1.807) is 13.3 Å². The van der Waals surface area contributed by atoms with E-state index in [1.807, 2.05) is 24.3 Å². The molecule has 1 aromatic carbocycles. The van der Waals surface area contributed by atoms with Crippen LogP contribution in [0, 0.1) is 0 Å². The fourth-order valence-electron chi connectivity index (χ4n) is 1.68. The number of anilines is 1. The van der Waals surface area contributed by atoms with Crippen LogP contribution in [-0.4, -0.2) is 17.1 Å². The Morgan fingerprint density at radius 3 is 2.74 bits per heavy atom. The molecule has 0 fully saturated rings. The summed E-state index contributed by atoms with van der Waals surface area (Å²) in [4.78, 5) is 8.42. The summed E-state index contributed by atoms with van der Waals surface area (Å²) in [5.41, 5.74) is 7.94. The van der Waals surface area contributed by atoms with Crippen molar-refractivity contribution in [2.45, 2.75) is 13.1 Å². The molecule has 6 heteroatoms. The molecule has 0 atom stereocenters. The molecule has 0 spiro atoms. The molecule has 5 nitrogen and oxygen atoms in total. The van der Waals surface area contributed by atoms with Gasteiger partial charge in [-0.05, 0) is 27.1 Å². The number of methoxy groups -OCH3 is 1.